The van der Waals surface area contributed by atoms with Gasteiger partial charge in [0.15, 0.2) is 0 Å². The summed E-state index contributed by atoms with van der Waals surface area (Å²) in [6.07, 6.45) is 0. The molecule has 0 aliphatic heterocycles. The summed E-state index contributed by atoms with van der Waals surface area (Å²) < 4.78 is 35.6. The molecule has 0 aliphatic carbocycles. The van der Waals surface area contributed by atoms with Crippen molar-refractivity contribution in [1.82, 2.24) is 0 Å². The molecule has 4 heteroatoms. The van der Waals surface area contributed by atoms with Crippen LogP contribution in [-0.4, -0.2) is 10.9 Å². The second kappa shape index (κ2) is 1.83. The number of halogens is 3. The maximum atomic E-state index is 12.0. The van der Waals surface area contributed by atoms with E-state index in [-0.39, 0.29) is 0 Å². The molecule has 0 N–H and O–H groups in total. The number of hydrogen-bond donors (Lipinski definition) is 1. The first-order valence-electron chi connectivity index (χ1n) is 2.04. The summed E-state index contributed by atoms with van der Waals surface area (Å²) in [5.74, 6) is -3.36. The van der Waals surface area contributed by atoms with Crippen LogP contribution in [-0.2, 0) is 0 Å². The molecule has 0 bridgehead atoms. The van der Waals surface area contributed by atoms with E-state index in [9.17, 15) is 13.2 Å². The van der Waals surface area contributed by atoms with Crippen LogP contribution in [0.5, 0.6) is 0 Å². The van der Waals surface area contributed by atoms with Crippen LogP contribution >= 0.6 is 12.6 Å². The smallest absolute Gasteiger partial charge is 0.226 e. The van der Waals surface area contributed by atoms with Crippen LogP contribution in [0.3, 0.4) is 0 Å². The van der Waals surface area contributed by atoms with Crippen molar-refractivity contribution in [3.63, 3.8) is 0 Å². The van der Waals surface area contributed by atoms with E-state index in [1.807, 2.05) is 0 Å². The van der Waals surface area contributed by atoms with Gasteiger partial charge >= 0.3 is 0 Å². The molecular weight excluding hydrogens is 137 g/mol. The van der Waals surface area contributed by atoms with Crippen LogP contribution < -0.4 is 0 Å². The number of hydrogen-bond acceptors (Lipinski definition) is 1. The van der Waals surface area contributed by atoms with E-state index in [0.29, 0.717) is 6.92 Å². The highest BCUT2D eigenvalue weighted by molar-refractivity contribution is 7.81. The van der Waals surface area contributed by atoms with Gasteiger partial charge in [-0.15, -0.1) is 12.6 Å². The minimum Gasteiger partial charge on any atom is -0.226 e. The van der Waals surface area contributed by atoms with Crippen LogP contribution in [0.4, 0.5) is 13.2 Å². The maximum absolute atomic E-state index is 12.0. The van der Waals surface area contributed by atoms with Crippen molar-refractivity contribution in [3.05, 3.63) is 0 Å². The lowest BCUT2D eigenvalue weighted by Crippen LogP contribution is -2.32. The molecule has 0 heterocycles. The summed E-state index contributed by atoms with van der Waals surface area (Å²) >= 11 is 3.02. The molecule has 0 aromatic rings. The van der Waals surface area contributed by atoms with Crippen LogP contribution in [0.1, 0.15) is 13.8 Å². The van der Waals surface area contributed by atoms with E-state index < -0.39 is 10.9 Å². The van der Waals surface area contributed by atoms with Gasteiger partial charge in [-0.05, 0) is 6.92 Å². The molecule has 0 saturated carbocycles. The predicted molar refractivity (Wildman–Crippen MR) is 29.1 cm³/mol. The Bertz CT molecular complexity index is 66.3. The van der Waals surface area contributed by atoms with E-state index in [4.69, 9.17) is 0 Å². The lowest BCUT2D eigenvalue weighted by atomic mass is 10.2. The molecule has 0 rings (SSSR count). The third kappa shape index (κ3) is 1.94. The molecular formula is C4H7F3S. The molecule has 1 unspecified atom stereocenters. The average molecular weight is 144 g/mol. The zero-order chi connectivity index (χ0) is 7.00. The molecule has 0 radical (unpaired) electrons. The summed E-state index contributed by atoms with van der Waals surface area (Å²) in [6, 6.07) is 0. The Balaban J connectivity index is 4.02. The van der Waals surface area contributed by atoms with Crippen molar-refractivity contribution >= 4 is 12.6 Å². The lowest BCUT2D eigenvalue weighted by molar-refractivity contribution is -0.0641. The molecule has 1 atom stereocenters. The predicted octanol–water partition coefficient (Wildman–Crippen LogP) is 2.26. The van der Waals surface area contributed by atoms with Gasteiger partial charge in [-0.2, -0.15) is 0 Å². The molecule has 0 saturated heterocycles. The largest absolute Gasteiger partial charge is 0.287 e. The Morgan fingerprint density at radius 3 is 1.25 bits per heavy atom. The normalized spacial score (nSPS) is 20.2. The summed E-state index contributed by atoms with van der Waals surface area (Å²) in [4.78, 5) is 0. The average Bonchev–Trinajstić information content (AvgIpc) is 1.25. The van der Waals surface area contributed by atoms with E-state index >= 15 is 0 Å². The Labute approximate surface area is 51.5 Å². The molecule has 50 valence electrons. The highest BCUT2D eigenvalue weighted by Gasteiger charge is 2.43. The summed E-state index contributed by atoms with van der Waals surface area (Å²) in [6.45, 7) is 1.20. The number of alkyl halides is 3. The van der Waals surface area contributed by atoms with Gasteiger partial charge < -0.3 is 0 Å². The minimum absolute atomic E-state index is 0.486. The van der Waals surface area contributed by atoms with Crippen LogP contribution in [0, 0.1) is 0 Å². The molecule has 0 amide bonds. The van der Waals surface area contributed by atoms with Gasteiger partial charge in [-0.3, -0.25) is 0 Å². The molecule has 0 fully saturated rings. The summed E-state index contributed by atoms with van der Waals surface area (Å²) in [7, 11) is 0. The Morgan fingerprint density at radius 2 is 1.25 bits per heavy atom. The van der Waals surface area contributed by atoms with Gasteiger partial charge in [-0.1, -0.05) is 0 Å². The van der Waals surface area contributed by atoms with E-state index in [0.717, 1.165) is 6.92 Å². The first-order valence-corrected chi connectivity index (χ1v) is 2.49. The first-order chi connectivity index (χ1) is 3.25. The fourth-order valence-corrected chi connectivity index (χ4v) is 0. The highest BCUT2D eigenvalue weighted by atomic mass is 32.1. The number of rotatable bonds is 1. The fraction of sp³-hybridized carbons (Fsp3) is 1.00. The van der Waals surface area contributed by atoms with Crippen LogP contribution in [0.2, 0.25) is 0 Å². The maximum Gasteiger partial charge on any atom is 0.287 e. The van der Waals surface area contributed by atoms with Crippen LogP contribution in [0.15, 0.2) is 0 Å². The van der Waals surface area contributed by atoms with Crippen molar-refractivity contribution in [3.8, 4) is 0 Å². The van der Waals surface area contributed by atoms with Gasteiger partial charge in [0.1, 0.15) is 0 Å². The Morgan fingerprint density at radius 1 is 1.12 bits per heavy atom. The molecule has 0 aromatic carbocycles. The summed E-state index contributed by atoms with van der Waals surface area (Å²) in [5, 5.41) is -2.70. The van der Waals surface area contributed by atoms with Crippen LogP contribution in [0.25, 0.3) is 0 Å². The molecule has 0 aromatic heterocycles. The molecule has 0 nitrogen and oxygen atoms in total. The Hall–Kier alpha value is 0.140. The fourth-order valence-electron chi connectivity index (χ4n) is 0. The zero-order valence-corrected chi connectivity index (χ0v) is 5.48. The molecule has 0 spiro atoms. The number of thiol groups is 1. The van der Waals surface area contributed by atoms with Crippen molar-refractivity contribution < 1.29 is 13.2 Å². The highest BCUT2D eigenvalue weighted by Crippen LogP contribution is 2.34. The monoisotopic (exact) mass is 144 g/mol. The summed E-state index contributed by atoms with van der Waals surface area (Å²) in [5.41, 5.74) is 0. The van der Waals surface area contributed by atoms with Crippen molar-refractivity contribution in [2.24, 2.45) is 0 Å². The first kappa shape index (κ1) is 8.14. The lowest BCUT2D eigenvalue weighted by Gasteiger charge is -2.20. The van der Waals surface area contributed by atoms with E-state index in [1.54, 1.807) is 0 Å². The van der Waals surface area contributed by atoms with Crippen molar-refractivity contribution in [2.45, 2.75) is 24.8 Å². The van der Waals surface area contributed by atoms with Gasteiger partial charge in [0, 0.05) is 6.92 Å². The van der Waals surface area contributed by atoms with E-state index in [2.05, 4.69) is 12.6 Å². The second-order valence-corrected chi connectivity index (χ2v) is 2.68. The second-order valence-electron chi connectivity index (χ2n) is 1.84. The molecule has 8 heavy (non-hydrogen) atoms. The standard InChI is InChI=1S/C4H7F3S/c1-3(5,6)4(2,7)8/h8H,1-2H3. The topological polar surface area (TPSA) is 0 Å². The van der Waals surface area contributed by atoms with Gasteiger partial charge in [0.2, 0.25) is 5.00 Å². The van der Waals surface area contributed by atoms with Gasteiger partial charge in [0.25, 0.3) is 5.92 Å². The van der Waals surface area contributed by atoms with Gasteiger partial charge in [-0.25, -0.2) is 13.2 Å². The zero-order valence-electron chi connectivity index (χ0n) is 4.58. The quantitative estimate of drug-likeness (QED) is 0.536. The van der Waals surface area contributed by atoms with E-state index in [1.165, 1.54) is 0 Å². The third-order valence-electron chi connectivity index (χ3n) is 0.801. The van der Waals surface area contributed by atoms with Crippen molar-refractivity contribution in [2.75, 3.05) is 0 Å². The van der Waals surface area contributed by atoms with Crippen molar-refractivity contribution in [1.29, 1.82) is 0 Å². The third-order valence-corrected chi connectivity index (χ3v) is 1.19. The SMILES string of the molecule is CC(F)(F)C(C)(F)S. The minimum atomic E-state index is -3.36. The molecule has 0 aliphatic rings. The Kier molecular flexibility index (Phi) is 1.86. The van der Waals surface area contributed by atoms with Gasteiger partial charge in [0.05, 0.1) is 0 Å².